The van der Waals surface area contributed by atoms with Crippen LogP contribution in [0.1, 0.15) is 77.2 Å². The Morgan fingerprint density at radius 3 is 2.70 bits per heavy atom. The Morgan fingerprint density at radius 2 is 2.07 bits per heavy atom. The van der Waals surface area contributed by atoms with E-state index in [9.17, 15) is 0 Å². The van der Waals surface area contributed by atoms with E-state index in [1.165, 1.54) is 19.3 Å². The zero-order chi connectivity index (χ0) is 18.5. The Balaban J connectivity index is 0.00000261. The maximum absolute atomic E-state index is 5.50. The molecule has 0 amide bonds. The first-order valence-corrected chi connectivity index (χ1v) is 10.4. The molecular formula is C20H36IN5O. The van der Waals surface area contributed by atoms with Crippen LogP contribution in [0.3, 0.4) is 0 Å². The van der Waals surface area contributed by atoms with Crippen molar-refractivity contribution in [2.24, 2.45) is 4.99 Å². The average molecular weight is 489 g/mol. The van der Waals surface area contributed by atoms with Crippen LogP contribution in [0.4, 0.5) is 0 Å². The molecule has 2 N–H and O–H groups in total. The van der Waals surface area contributed by atoms with Gasteiger partial charge in [0.2, 0.25) is 0 Å². The van der Waals surface area contributed by atoms with Gasteiger partial charge in [0.05, 0.1) is 5.69 Å². The smallest absolute Gasteiger partial charge is 0.191 e. The van der Waals surface area contributed by atoms with Gasteiger partial charge in [-0.05, 0) is 46.0 Å². The number of aromatic nitrogens is 1. The fourth-order valence-corrected chi connectivity index (χ4v) is 4.05. The molecule has 0 radical (unpaired) electrons. The fourth-order valence-electron chi connectivity index (χ4n) is 4.05. The number of rotatable bonds is 8. The first kappa shape index (κ1) is 22.5. The van der Waals surface area contributed by atoms with Crippen LogP contribution in [0.5, 0.6) is 0 Å². The number of likely N-dealkylation sites (tertiary alicyclic amines) is 1. The van der Waals surface area contributed by atoms with Crippen molar-refractivity contribution in [3.8, 4) is 0 Å². The van der Waals surface area contributed by atoms with Crippen molar-refractivity contribution >= 4 is 29.9 Å². The molecule has 1 aromatic heterocycles. The van der Waals surface area contributed by atoms with Crippen molar-refractivity contribution in [2.75, 3.05) is 13.1 Å². The van der Waals surface area contributed by atoms with E-state index in [0.29, 0.717) is 24.5 Å². The third kappa shape index (κ3) is 6.07. The van der Waals surface area contributed by atoms with Gasteiger partial charge < -0.3 is 15.2 Å². The lowest BCUT2D eigenvalue weighted by molar-refractivity contribution is 0.256. The summed E-state index contributed by atoms with van der Waals surface area (Å²) in [5, 5.41) is 11.2. The van der Waals surface area contributed by atoms with Crippen LogP contribution in [0.2, 0.25) is 0 Å². The molecule has 0 spiro atoms. The van der Waals surface area contributed by atoms with Crippen molar-refractivity contribution in [1.29, 1.82) is 0 Å². The summed E-state index contributed by atoms with van der Waals surface area (Å²) in [4.78, 5) is 7.38. The minimum Gasteiger partial charge on any atom is -0.359 e. The zero-order valence-electron chi connectivity index (χ0n) is 17.2. The standard InChI is InChI=1S/C20H35N5O.HI/c1-5-15(6-2)19-11-18(26-24-19)12-22-20(21-7-3)23-16-10-14(4)25(13-16)17-8-9-17;/h11,14-17H,5-10,12-13H2,1-4H3,(H2,21,22,23);1H. The predicted molar refractivity (Wildman–Crippen MR) is 121 cm³/mol. The molecule has 154 valence electrons. The molecule has 2 fully saturated rings. The molecule has 1 saturated heterocycles. The van der Waals surface area contributed by atoms with Gasteiger partial charge in [-0.3, -0.25) is 4.90 Å². The van der Waals surface area contributed by atoms with Gasteiger partial charge in [-0.1, -0.05) is 19.0 Å². The summed E-state index contributed by atoms with van der Waals surface area (Å²) >= 11 is 0. The fraction of sp³-hybridized carbons (Fsp3) is 0.800. The van der Waals surface area contributed by atoms with Gasteiger partial charge in [0.25, 0.3) is 0 Å². The summed E-state index contributed by atoms with van der Waals surface area (Å²) in [5.41, 5.74) is 1.06. The van der Waals surface area contributed by atoms with Crippen molar-refractivity contribution in [2.45, 2.75) is 90.4 Å². The third-order valence-electron chi connectivity index (χ3n) is 5.70. The number of aliphatic imine (C=N–C) groups is 1. The molecule has 0 aromatic carbocycles. The number of hydrogen-bond acceptors (Lipinski definition) is 4. The van der Waals surface area contributed by atoms with Crippen molar-refractivity contribution in [3.63, 3.8) is 0 Å². The molecule has 1 aliphatic heterocycles. The molecule has 3 rings (SSSR count). The SMILES string of the molecule is CCNC(=NCc1cc(C(CC)CC)no1)NC1CC(C)N(C2CC2)C1.I. The Morgan fingerprint density at radius 1 is 1.33 bits per heavy atom. The van der Waals surface area contributed by atoms with Crippen molar-refractivity contribution < 1.29 is 4.52 Å². The van der Waals surface area contributed by atoms with Gasteiger partial charge in [0.1, 0.15) is 6.54 Å². The Labute approximate surface area is 180 Å². The van der Waals surface area contributed by atoms with E-state index in [-0.39, 0.29) is 24.0 Å². The third-order valence-corrected chi connectivity index (χ3v) is 5.70. The van der Waals surface area contributed by atoms with E-state index in [1.54, 1.807) is 0 Å². The summed E-state index contributed by atoms with van der Waals surface area (Å²) < 4.78 is 5.50. The summed E-state index contributed by atoms with van der Waals surface area (Å²) in [7, 11) is 0. The quantitative estimate of drug-likeness (QED) is 0.330. The lowest BCUT2D eigenvalue weighted by Gasteiger charge is -2.20. The van der Waals surface area contributed by atoms with E-state index in [2.05, 4.69) is 54.5 Å². The summed E-state index contributed by atoms with van der Waals surface area (Å²) in [6.45, 7) is 11.3. The van der Waals surface area contributed by atoms with Crippen molar-refractivity contribution in [3.05, 3.63) is 17.5 Å². The minimum atomic E-state index is 0. The van der Waals surface area contributed by atoms with Gasteiger partial charge >= 0.3 is 0 Å². The van der Waals surface area contributed by atoms with Gasteiger partial charge in [0.15, 0.2) is 11.7 Å². The molecule has 2 heterocycles. The van der Waals surface area contributed by atoms with Crippen LogP contribution in [-0.2, 0) is 6.54 Å². The molecule has 1 aliphatic carbocycles. The second-order valence-electron chi connectivity index (χ2n) is 7.78. The van der Waals surface area contributed by atoms with E-state index in [4.69, 9.17) is 9.52 Å². The van der Waals surface area contributed by atoms with E-state index in [1.807, 2.05) is 0 Å². The molecule has 2 atom stereocenters. The van der Waals surface area contributed by atoms with E-state index in [0.717, 1.165) is 49.4 Å². The molecule has 0 bridgehead atoms. The van der Waals surface area contributed by atoms with Crippen LogP contribution in [0, 0.1) is 0 Å². The highest BCUT2D eigenvalue weighted by Crippen LogP contribution is 2.33. The molecule has 2 unspecified atom stereocenters. The van der Waals surface area contributed by atoms with Gasteiger partial charge in [-0.25, -0.2) is 4.99 Å². The minimum absolute atomic E-state index is 0. The largest absolute Gasteiger partial charge is 0.359 e. The summed E-state index contributed by atoms with van der Waals surface area (Å²) in [6, 6.07) is 4.03. The topological polar surface area (TPSA) is 65.7 Å². The maximum Gasteiger partial charge on any atom is 0.191 e. The van der Waals surface area contributed by atoms with E-state index < -0.39 is 0 Å². The monoisotopic (exact) mass is 489 g/mol. The molecule has 1 saturated carbocycles. The molecule has 1 aromatic rings. The lowest BCUT2D eigenvalue weighted by Crippen LogP contribution is -2.44. The maximum atomic E-state index is 5.50. The molecule has 2 aliphatic rings. The first-order valence-electron chi connectivity index (χ1n) is 10.4. The Hall–Kier alpha value is -0.830. The van der Waals surface area contributed by atoms with Crippen LogP contribution in [0.15, 0.2) is 15.6 Å². The number of nitrogens with zero attached hydrogens (tertiary/aromatic N) is 3. The first-order chi connectivity index (χ1) is 12.6. The Kier molecular flexibility index (Phi) is 8.85. The van der Waals surface area contributed by atoms with Gasteiger partial charge in [0, 0.05) is 43.2 Å². The molecule has 7 heteroatoms. The van der Waals surface area contributed by atoms with Gasteiger partial charge in [-0.2, -0.15) is 0 Å². The second-order valence-corrected chi connectivity index (χ2v) is 7.78. The van der Waals surface area contributed by atoms with Crippen LogP contribution in [-0.4, -0.2) is 47.2 Å². The van der Waals surface area contributed by atoms with Crippen LogP contribution >= 0.6 is 24.0 Å². The second kappa shape index (κ2) is 10.6. The average Bonchev–Trinajstić information content (AvgIpc) is 3.25. The zero-order valence-corrected chi connectivity index (χ0v) is 19.5. The number of nitrogens with one attached hydrogen (secondary N) is 2. The van der Waals surface area contributed by atoms with Crippen LogP contribution in [0.25, 0.3) is 0 Å². The normalized spacial score (nSPS) is 23.5. The lowest BCUT2D eigenvalue weighted by atomic mass is 9.99. The van der Waals surface area contributed by atoms with E-state index >= 15 is 0 Å². The van der Waals surface area contributed by atoms with Gasteiger partial charge in [-0.15, -0.1) is 24.0 Å². The van der Waals surface area contributed by atoms with Crippen molar-refractivity contribution in [1.82, 2.24) is 20.7 Å². The van der Waals surface area contributed by atoms with Crippen LogP contribution < -0.4 is 10.6 Å². The molecule has 6 nitrogen and oxygen atoms in total. The summed E-state index contributed by atoms with van der Waals surface area (Å²) in [6.07, 6.45) is 6.10. The summed E-state index contributed by atoms with van der Waals surface area (Å²) in [5.74, 6) is 2.20. The molecular weight excluding hydrogens is 453 g/mol. The highest BCUT2D eigenvalue weighted by atomic mass is 127. The number of hydrogen-bond donors (Lipinski definition) is 2. The number of halogens is 1. The molecule has 27 heavy (non-hydrogen) atoms. The number of guanidine groups is 1. The Bertz CT molecular complexity index is 597. The highest BCUT2D eigenvalue weighted by molar-refractivity contribution is 14.0. The predicted octanol–water partition coefficient (Wildman–Crippen LogP) is 3.88. The highest BCUT2D eigenvalue weighted by Gasteiger charge is 2.38.